The van der Waals surface area contributed by atoms with E-state index in [1.165, 1.54) is 12.8 Å². The largest absolute Gasteiger partial charge is 0.391 e. The van der Waals surface area contributed by atoms with E-state index in [0.29, 0.717) is 16.0 Å². The molecule has 0 bridgehead atoms. The maximum atomic E-state index is 10.2. The lowest BCUT2D eigenvalue weighted by Gasteiger charge is -2.24. The van der Waals surface area contributed by atoms with Crippen molar-refractivity contribution in [2.75, 3.05) is 0 Å². The first-order valence-corrected chi connectivity index (χ1v) is 6.73. The third-order valence-electron chi connectivity index (χ3n) is 3.52. The lowest BCUT2D eigenvalue weighted by atomic mass is 9.91. The summed E-state index contributed by atoms with van der Waals surface area (Å²) in [6.07, 6.45) is 3.98. The van der Waals surface area contributed by atoms with Gasteiger partial charge in [0, 0.05) is 10.0 Å². The fourth-order valence-corrected chi connectivity index (χ4v) is 3.10. The Labute approximate surface area is 124 Å². The van der Waals surface area contributed by atoms with Crippen LogP contribution >= 0.6 is 35.6 Å². The van der Waals surface area contributed by atoms with E-state index in [1.54, 1.807) is 18.2 Å². The van der Waals surface area contributed by atoms with E-state index in [9.17, 15) is 5.11 Å². The molecule has 0 saturated heterocycles. The van der Waals surface area contributed by atoms with Crippen LogP contribution in [-0.4, -0.2) is 11.2 Å². The Kier molecular flexibility index (Phi) is 6.22. The number of nitrogens with two attached hydrogens (primary N) is 1. The second kappa shape index (κ2) is 6.97. The molecule has 0 heterocycles. The lowest BCUT2D eigenvalue weighted by molar-refractivity contribution is 0.0845. The van der Waals surface area contributed by atoms with Gasteiger partial charge < -0.3 is 10.8 Å². The van der Waals surface area contributed by atoms with Crippen LogP contribution in [0.1, 0.15) is 37.3 Å². The average molecular weight is 311 g/mol. The highest BCUT2D eigenvalue weighted by Gasteiger charge is 2.28. The Morgan fingerprint density at radius 2 is 1.61 bits per heavy atom. The summed E-state index contributed by atoms with van der Waals surface area (Å²) in [5, 5.41) is 11.4. The molecule has 0 aromatic heterocycles. The van der Waals surface area contributed by atoms with Crippen molar-refractivity contribution < 1.29 is 5.11 Å². The molecule has 1 aromatic carbocycles. The second-order valence-electron chi connectivity index (χ2n) is 4.76. The molecule has 18 heavy (non-hydrogen) atoms. The molecule has 2 nitrogen and oxygen atoms in total. The minimum atomic E-state index is -0.507. The van der Waals surface area contributed by atoms with E-state index in [2.05, 4.69) is 0 Å². The van der Waals surface area contributed by atoms with Gasteiger partial charge in [-0.05, 0) is 42.5 Å². The van der Waals surface area contributed by atoms with Crippen LogP contribution in [0.25, 0.3) is 0 Å². The maximum absolute atomic E-state index is 10.2. The summed E-state index contributed by atoms with van der Waals surface area (Å²) in [5.41, 5.74) is 6.90. The average Bonchev–Trinajstić information content (AvgIpc) is 2.79. The van der Waals surface area contributed by atoms with Crippen molar-refractivity contribution >= 4 is 35.6 Å². The predicted octanol–water partition coefficient (Wildman–Crippen LogP) is 3.97. The molecule has 102 valence electrons. The standard InChI is InChI=1S/C13H17Cl2NO.ClH/c14-10-5-9(6-11(15)7-10)12(16)13(17)8-3-1-2-4-8;/h5-8,12-13,17H,1-4,16H2;1H/t12-,13+;/m1./s1. The van der Waals surface area contributed by atoms with Gasteiger partial charge in [-0.25, -0.2) is 0 Å². The molecular formula is C13H18Cl3NO. The van der Waals surface area contributed by atoms with Crippen molar-refractivity contribution in [3.63, 3.8) is 0 Å². The molecule has 0 unspecified atom stereocenters. The monoisotopic (exact) mass is 309 g/mol. The number of rotatable bonds is 3. The molecular weight excluding hydrogens is 293 g/mol. The summed E-state index contributed by atoms with van der Waals surface area (Å²) in [7, 11) is 0. The molecule has 1 aliphatic carbocycles. The molecule has 0 aliphatic heterocycles. The number of hydrogen-bond acceptors (Lipinski definition) is 2. The first-order valence-electron chi connectivity index (χ1n) is 5.97. The number of halogens is 3. The predicted molar refractivity (Wildman–Crippen MR) is 78.6 cm³/mol. The molecule has 3 N–H and O–H groups in total. The second-order valence-corrected chi connectivity index (χ2v) is 5.64. The molecule has 1 aromatic rings. The van der Waals surface area contributed by atoms with E-state index in [-0.39, 0.29) is 12.4 Å². The van der Waals surface area contributed by atoms with Crippen molar-refractivity contribution in [2.24, 2.45) is 11.7 Å². The fraction of sp³-hybridized carbons (Fsp3) is 0.538. The normalized spacial score (nSPS) is 19.3. The zero-order valence-electron chi connectivity index (χ0n) is 9.98. The summed E-state index contributed by atoms with van der Waals surface area (Å²) >= 11 is 11.9. The highest BCUT2D eigenvalue weighted by atomic mass is 35.5. The van der Waals surface area contributed by atoms with E-state index in [4.69, 9.17) is 28.9 Å². The Morgan fingerprint density at radius 3 is 2.11 bits per heavy atom. The van der Waals surface area contributed by atoms with Crippen LogP contribution in [0.2, 0.25) is 10.0 Å². The minimum absolute atomic E-state index is 0. The topological polar surface area (TPSA) is 46.2 Å². The van der Waals surface area contributed by atoms with Crippen LogP contribution in [0.15, 0.2) is 18.2 Å². The highest BCUT2D eigenvalue weighted by molar-refractivity contribution is 6.34. The van der Waals surface area contributed by atoms with Gasteiger partial charge >= 0.3 is 0 Å². The van der Waals surface area contributed by atoms with Gasteiger partial charge in [0.2, 0.25) is 0 Å². The van der Waals surface area contributed by atoms with Gasteiger partial charge in [0.05, 0.1) is 12.1 Å². The van der Waals surface area contributed by atoms with Crippen molar-refractivity contribution in [1.82, 2.24) is 0 Å². The number of hydrogen-bond donors (Lipinski definition) is 2. The molecule has 2 atom stereocenters. The van der Waals surface area contributed by atoms with Crippen LogP contribution in [0, 0.1) is 5.92 Å². The van der Waals surface area contributed by atoms with Gasteiger partial charge in [0.1, 0.15) is 0 Å². The van der Waals surface area contributed by atoms with Gasteiger partial charge in [-0.15, -0.1) is 12.4 Å². The summed E-state index contributed by atoms with van der Waals surface area (Å²) in [4.78, 5) is 0. The Balaban J connectivity index is 0.00000162. The van der Waals surface area contributed by atoms with Gasteiger partial charge in [-0.2, -0.15) is 0 Å². The third-order valence-corrected chi connectivity index (χ3v) is 3.96. The molecule has 0 amide bonds. The smallest absolute Gasteiger partial charge is 0.0760 e. The summed E-state index contributed by atoms with van der Waals surface area (Å²) < 4.78 is 0. The van der Waals surface area contributed by atoms with Gasteiger partial charge in [0.25, 0.3) is 0 Å². The van der Waals surface area contributed by atoms with Crippen molar-refractivity contribution in [3.8, 4) is 0 Å². The highest BCUT2D eigenvalue weighted by Crippen LogP contribution is 2.33. The van der Waals surface area contributed by atoms with Crippen molar-refractivity contribution in [2.45, 2.75) is 37.8 Å². The molecule has 0 spiro atoms. The van der Waals surface area contributed by atoms with Gasteiger partial charge in [0.15, 0.2) is 0 Å². The number of benzene rings is 1. The van der Waals surface area contributed by atoms with Crippen LogP contribution < -0.4 is 5.73 Å². The minimum Gasteiger partial charge on any atom is -0.391 e. The third kappa shape index (κ3) is 3.75. The first kappa shape index (κ1) is 16.1. The fourth-order valence-electron chi connectivity index (χ4n) is 2.56. The summed E-state index contributed by atoms with van der Waals surface area (Å²) in [6.45, 7) is 0. The molecule has 1 saturated carbocycles. The van der Waals surface area contributed by atoms with Crippen LogP contribution in [0.3, 0.4) is 0 Å². The Bertz CT molecular complexity index is 374. The molecule has 2 rings (SSSR count). The van der Waals surface area contributed by atoms with E-state index < -0.39 is 12.1 Å². The summed E-state index contributed by atoms with van der Waals surface area (Å²) in [6, 6.07) is 4.81. The quantitative estimate of drug-likeness (QED) is 0.887. The van der Waals surface area contributed by atoms with Crippen molar-refractivity contribution in [1.29, 1.82) is 0 Å². The van der Waals surface area contributed by atoms with Crippen molar-refractivity contribution in [3.05, 3.63) is 33.8 Å². The lowest BCUT2D eigenvalue weighted by Crippen LogP contribution is -2.31. The Hall–Kier alpha value is 0.01000. The van der Waals surface area contributed by atoms with Crippen LogP contribution in [-0.2, 0) is 0 Å². The Morgan fingerprint density at radius 1 is 1.11 bits per heavy atom. The van der Waals surface area contributed by atoms with E-state index in [0.717, 1.165) is 18.4 Å². The van der Waals surface area contributed by atoms with Gasteiger partial charge in [-0.3, -0.25) is 0 Å². The maximum Gasteiger partial charge on any atom is 0.0760 e. The number of aliphatic hydroxyl groups is 1. The SMILES string of the molecule is Cl.N[C@H](c1cc(Cl)cc(Cl)c1)[C@@H](O)C1CCCC1. The van der Waals surface area contributed by atoms with Gasteiger partial charge in [-0.1, -0.05) is 36.0 Å². The van der Waals surface area contributed by atoms with Crippen LogP contribution in [0.4, 0.5) is 0 Å². The molecule has 1 aliphatic rings. The first-order chi connectivity index (χ1) is 8.08. The zero-order chi connectivity index (χ0) is 12.4. The van der Waals surface area contributed by atoms with Crippen LogP contribution in [0.5, 0.6) is 0 Å². The molecule has 0 radical (unpaired) electrons. The molecule has 1 fully saturated rings. The number of aliphatic hydroxyl groups excluding tert-OH is 1. The van der Waals surface area contributed by atoms with E-state index >= 15 is 0 Å². The molecule has 5 heteroatoms. The van der Waals surface area contributed by atoms with E-state index in [1.807, 2.05) is 0 Å². The summed E-state index contributed by atoms with van der Waals surface area (Å²) in [5.74, 6) is 0.308. The zero-order valence-corrected chi connectivity index (χ0v) is 12.3.